The van der Waals surface area contributed by atoms with E-state index >= 15 is 0 Å². The fourth-order valence-corrected chi connectivity index (χ4v) is 2.65. The number of anilines is 2. The number of pyridine rings is 1. The van der Waals surface area contributed by atoms with Crippen LogP contribution in [0.3, 0.4) is 0 Å². The number of rotatable bonds is 5. The molecule has 2 N–H and O–H groups in total. The Hall–Kier alpha value is -1.82. The third-order valence-electron chi connectivity index (χ3n) is 3.78. The molecule has 1 fully saturated rings. The fourth-order valence-electron chi connectivity index (χ4n) is 2.65. The summed E-state index contributed by atoms with van der Waals surface area (Å²) in [5.41, 5.74) is 7.64. The van der Waals surface area contributed by atoms with E-state index in [0.717, 1.165) is 31.9 Å². The van der Waals surface area contributed by atoms with Crippen molar-refractivity contribution >= 4 is 17.3 Å². The molecule has 2 heterocycles. The summed E-state index contributed by atoms with van der Waals surface area (Å²) < 4.78 is 5.08. The first kappa shape index (κ1) is 15.6. The number of carbonyl (C=O) groups is 1. The second kappa shape index (κ2) is 7.26. The van der Waals surface area contributed by atoms with E-state index in [9.17, 15) is 4.79 Å². The topological polar surface area (TPSA) is 71.7 Å². The molecule has 1 unspecified atom stereocenters. The van der Waals surface area contributed by atoms with Gasteiger partial charge >= 0.3 is 0 Å². The number of hydrogen-bond donors (Lipinski definition) is 1. The molecule has 21 heavy (non-hydrogen) atoms. The largest absolute Gasteiger partial charge is 0.396 e. The Bertz CT molecular complexity index is 472. The lowest BCUT2D eigenvalue weighted by Crippen LogP contribution is -2.49. The van der Waals surface area contributed by atoms with Crippen LogP contribution < -0.4 is 10.6 Å². The van der Waals surface area contributed by atoms with Gasteiger partial charge in [-0.05, 0) is 12.0 Å². The van der Waals surface area contributed by atoms with Gasteiger partial charge in [-0.3, -0.25) is 9.78 Å². The van der Waals surface area contributed by atoms with Gasteiger partial charge in [0.2, 0.25) is 5.91 Å². The van der Waals surface area contributed by atoms with E-state index in [1.54, 1.807) is 19.5 Å². The van der Waals surface area contributed by atoms with Gasteiger partial charge in [-0.25, -0.2) is 0 Å². The van der Waals surface area contributed by atoms with Crippen molar-refractivity contribution in [3.05, 3.63) is 18.5 Å². The maximum Gasteiger partial charge on any atom is 0.223 e. The Morgan fingerprint density at radius 2 is 2.14 bits per heavy atom. The van der Waals surface area contributed by atoms with Gasteiger partial charge in [0.1, 0.15) is 0 Å². The Balaban J connectivity index is 1.86. The third-order valence-corrected chi connectivity index (χ3v) is 3.78. The number of hydrogen-bond acceptors (Lipinski definition) is 5. The van der Waals surface area contributed by atoms with Crippen LogP contribution in [0.5, 0.6) is 0 Å². The molecular weight excluding hydrogens is 268 g/mol. The molecule has 1 amide bonds. The van der Waals surface area contributed by atoms with Crippen molar-refractivity contribution < 1.29 is 9.53 Å². The molecule has 2 rings (SSSR count). The number of carbonyl (C=O) groups excluding carboxylic acids is 1. The van der Waals surface area contributed by atoms with Crippen LogP contribution in [0.1, 0.15) is 13.3 Å². The minimum atomic E-state index is 0.210. The Morgan fingerprint density at radius 1 is 1.43 bits per heavy atom. The van der Waals surface area contributed by atoms with Gasteiger partial charge in [0.25, 0.3) is 0 Å². The summed E-state index contributed by atoms with van der Waals surface area (Å²) >= 11 is 0. The summed E-state index contributed by atoms with van der Waals surface area (Å²) in [4.78, 5) is 20.4. The molecule has 6 nitrogen and oxygen atoms in total. The number of methoxy groups -OCH3 is 1. The number of ether oxygens (including phenoxy) is 1. The van der Waals surface area contributed by atoms with Crippen LogP contribution in [-0.2, 0) is 9.53 Å². The van der Waals surface area contributed by atoms with Gasteiger partial charge in [0, 0.05) is 52.5 Å². The Kier molecular flexibility index (Phi) is 5.38. The standard InChI is InChI=1S/C15H24N4O2/c1-12(11-21-2)9-15(20)19-7-5-18(6-8-19)14-3-4-17-10-13(14)16/h3-4,10,12H,5-9,11,16H2,1-2H3. The highest BCUT2D eigenvalue weighted by Gasteiger charge is 2.23. The first-order valence-corrected chi connectivity index (χ1v) is 7.33. The lowest BCUT2D eigenvalue weighted by Gasteiger charge is -2.36. The molecule has 0 aromatic carbocycles. The molecule has 1 atom stereocenters. The normalized spacial score (nSPS) is 16.9. The van der Waals surface area contributed by atoms with E-state index in [1.165, 1.54) is 0 Å². The minimum absolute atomic E-state index is 0.210. The molecule has 6 heteroatoms. The second-order valence-corrected chi connectivity index (χ2v) is 5.57. The molecule has 1 aromatic heterocycles. The average Bonchev–Trinajstić information content (AvgIpc) is 2.48. The predicted molar refractivity (Wildman–Crippen MR) is 83.1 cm³/mol. The van der Waals surface area contributed by atoms with E-state index in [2.05, 4.69) is 9.88 Å². The summed E-state index contributed by atoms with van der Waals surface area (Å²) in [5.74, 6) is 0.471. The molecule has 1 saturated heterocycles. The van der Waals surface area contributed by atoms with Crippen molar-refractivity contribution in [1.29, 1.82) is 0 Å². The first-order chi connectivity index (χ1) is 10.1. The fraction of sp³-hybridized carbons (Fsp3) is 0.600. The van der Waals surface area contributed by atoms with Crippen LogP contribution >= 0.6 is 0 Å². The lowest BCUT2D eigenvalue weighted by molar-refractivity contribution is -0.132. The Labute approximate surface area is 125 Å². The van der Waals surface area contributed by atoms with Gasteiger partial charge in [0.05, 0.1) is 17.6 Å². The van der Waals surface area contributed by atoms with Crippen LogP contribution in [0, 0.1) is 5.92 Å². The molecule has 116 valence electrons. The SMILES string of the molecule is COCC(C)CC(=O)N1CCN(c2ccncc2N)CC1. The van der Waals surface area contributed by atoms with E-state index in [-0.39, 0.29) is 11.8 Å². The third kappa shape index (κ3) is 4.07. The van der Waals surface area contributed by atoms with Crippen molar-refractivity contribution in [3.8, 4) is 0 Å². The zero-order valence-electron chi connectivity index (χ0n) is 12.8. The maximum atomic E-state index is 12.2. The summed E-state index contributed by atoms with van der Waals surface area (Å²) in [6, 6.07) is 1.92. The van der Waals surface area contributed by atoms with Crippen molar-refractivity contribution in [1.82, 2.24) is 9.88 Å². The highest BCUT2D eigenvalue weighted by atomic mass is 16.5. The van der Waals surface area contributed by atoms with Crippen LogP contribution in [0.25, 0.3) is 0 Å². The molecule has 0 radical (unpaired) electrons. The lowest BCUT2D eigenvalue weighted by atomic mass is 10.1. The second-order valence-electron chi connectivity index (χ2n) is 5.57. The molecular formula is C15H24N4O2. The van der Waals surface area contributed by atoms with Crippen molar-refractivity contribution in [3.63, 3.8) is 0 Å². The van der Waals surface area contributed by atoms with E-state index < -0.39 is 0 Å². The molecule has 1 aliphatic heterocycles. The van der Waals surface area contributed by atoms with E-state index in [0.29, 0.717) is 18.7 Å². The van der Waals surface area contributed by atoms with Gasteiger partial charge in [0.15, 0.2) is 0 Å². The molecule has 0 spiro atoms. The summed E-state index contributed by atoms with van der Waals surface area (Å²) in [7, 11) is 1.67. The predicted octanol–water partition coefficient (Wildman–Crippen LogP) is 0.985. The van der Waals surface area contributed by atoms with Gasteiger partial charge < -0.3 is 20.3 Å². The number of aromatic nitrogens is 1. The van der Waals surface area contributed by atoms with E-state index in [4.69, 9.17) is 10.5 Å². The van der Waals surface area contributed by atoms with Gasteiger partial charge in [-0.1, -0.05) is 6.92 Å². The van der Waals surface area contributed by atoms with Crippen LogP contribution in [-0.4, -0.2) is 55.7 Å². The van der Waals surface area contributed by atoms with Crippen molar-refractivity contribution in [2.75, 3.05) is 50.5 Å². The monoisotopic (exact) mass is 292 g/mol. The molecule has 0 bridgehead atoms. The zero-order valence-corrected chi connectivity index (χ0v) is 12.8. The number of nitrogens with zero attached hydrogens (tertiary/aromatic N) is 3. The molecule has 0 aliphatic carbocycles. The molecule has 1 aromatic rings. The minimum Gasteiger partial charge on any atom is -0.396 e. The molecule has 1 aliphatic rings. The van der Waals surface area contributed by atoms with Gasteiger partial charge in [-0.15, -0.1) is 0 Å². The van der Waals surface area contributed by atoms with E-state index in [1.807, 2.05) is 17.9 Å². The zero-order chi connectivity index (χ0) is 15.2. The summed E-state index contributed by atoms with van der Waals surface area (Å²) in [6.45, 7) is 5.74. The number of piperazine rings is 1. The summed E-state index contributed by atoms with van der Waals surface area (Å²) in [6.07, 6.45) is 3.96. The van der Waals surface area contributed by atoms with Crippen LogP contribution in [0.4, 0.5) is 11.4 Å². The highest BCUT2D eigenvalue weighted by molar-refractivity contribution is 5.77. The summed E-state index contributed by atoms with van der Waals surface area (Å²) in [5, 5.41) is 0. The Morgan fingerprint density at radius 3 is 2.76 bits per heavy atom. The van der Waals surface area contributed by atoms with Crippen molar-refractivity contribution in [2.45, 2.75) is 13.3 Å². The highest BCUT2D eigenvalue weighted by Crippen LogP contribution is 2.22. The smallest absolute Gasteiger partial charge is 0.223 e. The van der Waals surface area contributed by atoms with Crippen molar-refractivity contribution in [2.24, 2.45) is 5.92 Å². The number of nitrogens with two attached hydrogens (primary N) is 1. The van der Waals surface area contributed by atoms with Crippen LogP contribution in [0.15, 0.2) is 18.5 Å². The maximum absolute atomic E-state index is 12.2. The average molecular weight is 292 g/mol. The number of nitrogen functional groups attached to an aromatic ring is 1. The first-order valence-electron chi connectivity index (χ1n) is 7.33. The molecule has 0 saturated carbocycles. The van der Waals surface area contributed by atoms with Gasteiger partial charge in [-0.2, -0.15) is 0 Å². The number of amides is 1. The van der Waals surface area contributed by atoms with Crippen LogP contribution in [0.2, 0.25) is 0 Å². The quantitative estimate of drug-likeness (QED) is 0.876.